The third kappa shape index (κ3) is 1.48. The first-order valence-electron chi connectivity index (χ1n) is 4.74. The molecule has 0 aromatic heterocycles. The van der Waals surface area contributed by atoms with Crippen LogP contribution in [0.15, 0.2) is 12.1 Å². The predicted octanol–water partition coefficient (Wildman–Crippen LogP) is 3.57. The summed E-state index contributed by atoms with van der Waals surface area (Å²) in [6.07, 6.45) is 1.000. The van der Waals surface area contributed by atoms with Crippen LogP contribution in [0, 0.1) is 5.82 Å². The molecule has 0 aliphatic carbocycles. The third-order valence-electron chi connectivity index (χ3n) is 2.84. The van der Waals surface area contributed by atoms with E-state index in [2.05, 4.69) is 19.2 Å². The van der Waals surface area contributed by atoms with Gasteiger partial charge in [-0.05, 0) is 29.5 Å². The highest BCUT2D eigenvalue weighted by Crippen LogP contribution is 2.39. The van der Waals surface area contributed by atoms with Crippen LogP contribution in [0.25, 0.3) is 0 Å². The second-order valence-electron chi connectivity index (χ2n) is 4.37. The SMILES string of the molecule is CC1(C)CCNc2c(F)cc(Cl)cc21. The van der Waals surface area contributed by atoms with Gasteiger partial charge in [0.05, 0.1) is 5.69 Å². The Morgan fingerprint density at radius 2 is 2.14 bits per heavy atom. The first kappa shape index (κ1) is 9.78. The van der Waals surface area contributed by atoms with E-state index in [4.69, 9.17) is 11.6 Å². The van der Waals surface area contributed by atoms with Gasteiger partial charge in [-0.3, -0.25) is 0 Å². The molecule has 0 saturated heterocycles. The van der Waals surface area contributed by atoms with Gasteiger partial charge in [-0.2, -0.15) is 0 Å². The lowest BCUT2D eigenvalue weighted by Gasteiger charge is -2.33. The molecule has 0 saturated carbocycles. The summed E-state index contributed by atoms with van der Waals surface area (Å²) in [5, 5.41) is 3.55. The lowest BCUT2D eigenvalue weighted by Crippen LogP contribution is -2.28. The molecule has 0 bridgehead atoms. The second-order valence-corrected chi connectivity index (χ2v) is 4.81. The van der Waals surface area contributed by atoms with Crippen molar-refractivity contribution in [1.82, 2.24) is 0 Å². The van der Waals surface area contributed by atoms with E-state index in [9.17, 15) is 4.39 Å². The lowest BCUT2D eigenvalue weighted by atomic mass is 9.78. The minimum absolute atomic E-state index is 0.00627. The number of benzene rings is 1. The van der Waals surface area contributed by atoms with Gasteiger partial charge in [-0.1, -0.05) is 25.4 Å². The maximum absolute atomic E-state index is 13.5. The van der Waals surface area contributed by atoms with Gasteiger partial charge in [0.2, 0.25) is 0 Å². The number of rotatable bonds is 0. The van der Waals surface area contributed by atoms with Gasteiger partial charge in [-0.25, -0.2) is 4.39 Å². The van der Waals surface area contributed by atoms with Gasteiger partial charge < -0.3 is 5.32 Å². The Morgan fingerprint density at radius 3 is 2.86 bits per heavy atom. The van der Waals surface area contributed by atoms with Gasteiger partial charge in [-0.15, -0.1) is 0 Å². The van der Waals surface area contributed by atoms with E-state index in [-0.39, 0.29) is 11.2 Å². The highest BCUT2D eigenvalue weighted by molar-refractivity contribution is 6.30. The first-order chi connectivity index (χ1) is 6.50. The molecule has 2 rings (SSSR count). The van der Waals surface area contributed by atoms with Gasteiger partial charge in [0.25, 0.3) is 0 Å². The van der Waals surface area contributed by atoms with Crippen molar-refractivity contribution >= 4 is 17.3 Å². The Hall–Kier alpha value is -0.760. The molecule has 1 heterocycles. The van der Waals surface area contributed by atoms with Crippen LogP contribution in [-0.4, -0.2) is 6.54 Å². The average Bonchev–Trinajstić information content (AvgIpc) is 2.06. The topological polar surface area (TPSA) is 12.0 Å². The summed E-state index contributed by atoms with van der Waals surface area (Å²) >= 11 is 5.84. The van der Waals surface area contributed by atoms with Crippen LogP contribution in [-0.2, 0) is 5.41 Å². The molecule has 76 valence electrons. The van der Waals surface area contributed by atoms with Gasteiger partial charge >= 0.3 is 0 Å². The molecule has 0 atom stereocenters. The Morgan fingerprint density at radius 1 is 1.43 bits per heavy atom. The molecule has 1 aliphatic rings. The molecular weight excluding hydrogens is 201 g/mol. The summed E-state index contributed by atoms with van der Waals surface area (Å²) in [5.74, 6) is -0.250. The van der Waals surface area contributed by atoms with Crippen LogP contribution in [0.4, 0.5) is 10.1 Å². The van der Waals surface area contributed by atoms with Crippen LogP contribution >= 0.6 is 11.6 Å². The number of nitrogens with one attached hydrogen (secondary N) is 1. The van der Waals surface area contributed by atoms with E-state index in [0.717, 1.165) is 18.5 Å². The van der Waals surface area contributed by atoms with Crippen LogP contribution in [0.1, 0.15) is 25.8 Å². The molecule has 1 aromatic rings. The Bertz CT molecular complexity index is 374. The van der Waals surface area contributed by atoms with Crippen molar-refractivity contribution in [2.45, 2.75) is 25.7 Å². The largest absolute Gasteiger partial charge is 0.382 e. The predicted molar refractivity (Wildman–Crippen MR) is 57.5 cm³/mol. The minimum atomic E-state index is -0.250. The van der Waals surface area contributed by atoms with Crippen LogP contribution in [0.3, 0.4) is 0 Å². The van der Waals surface area contributed by atoms with Crippen LogP contribution in [0.5, 0.6) is 0 Å². The lowest BCUT2D eigenvalue weighted by molar-refractivity contribution is 0.474. The Balaban J connectivity index is 2.63. The van der Waals surface area contributed by atoms with Crippen molar-refractivity contribution in [3.63, 3.8) is 0 Å². The van der Waals surface area contributed by atoms with Crippen molar-refractivity contribution in [3.05, 3.63) is 28.5 Å². The summed E-state index contributed by atoms with van der Waals surface area (Å²) in [6.45, 7) is 5.05. The van der Waals surface area contributed by atoms with Crippen molar-refractivity contribution in [1.29, 1.82) is 0 Å². The molecule has 0 fully saturated rings. The number of fused-ring (bicyclic) bond motifs is 1. The molecule has 14 heavy (non-hydrogen) atoms. The Labute approximate surface area is 88.3 Å². The van der Waals surface area contributed by atoms with Crippen molar-refractivity contribution in [2.75, 3.05) is 11.9 Å². The molecular formula is C11H13ClFN. The molecule has 0 radical (unpaired) electrons. The van der Waals surface area contributed by atoms with Gasteiger partial charge in [0.15, 0.2) is 0 Å². The van der Waals surface area contributed by atoms with Crippen molar-refractivity contribution < 1.29 is 4.39 Å². The molecule has 0 amide bonds. The summed E-state index contributed by atoms with van der Waals surface area (Å²) in [5.41, 5.74) is 1.60. The minimum Gasteiger partial charge on any atom is -0.382 e. The highest BCUT2D eigenvalue weighted by Gasteiger charge is 2.29. The van der Waals surface area contributed by atoms with Gasteiger partial charge in [0, 0.05) is 11.6 Å². The quantitative estimate of drug-likeness (QED) is 0.695. The number of anilines is 1. The van der Waals surface area contributed by atoms with Crippen LogP contribution < -0.4 is 5.32 Å². The van der Waals surface area contributed by atoms with E-state index < -0.39 is 0 Å². The van der Waals surface area contributed by atoms with E-state index in [0.29, 0.717) is 10.7 Å². The fourth-order valence-electron chi connectivity index (χ4n) is 1.92. The zero-order chi connectivity index (χ0) is 10.3. The van der Waals surface area contributed by atoms with Crippen molar-refractivity contribution in [3.8, 4) is 0 Å². The van der Waals surface area contributed by atoms with E-state index in [1.165, 1.54) is 6.07 Å². The molecule has 1 N–H and O–H groups in total. The fourth-order valence-corrected chi connectivity index (χ4v) is 2.13. The van der Waals surface area contributed by atoms with E-state index in [1.807, 2.05) is 6.07 Å². The van der Waals surface area contributed by atoms with Gasteiger partial charge in [0.1, 0.15) is 5.82 Å². The maximum atomic E-state index is 13.5. The average molecular weight is 214 g/mol. The zero-order valence-electron chi connectivity index (χ0n) is 8.32. The summed E-state index contributed by atoms with van der Waals surface area (Å²) in [7, 11) is 0. The Kier molecular flexibility index (Phi) is 2.18. The number of halogens is 2. The molecule has 1 aliphatic heterocycles. The van der Waals surface area contributed by atoms with E-state index in [1.54, 1.807) is 0 Å². The highest BCUT2D eigenvalue weighted by atomic mass is 35.5. The summed E-state index contributed by atoms with van der Waals surface area (Å²) in [6, 6.07) is 3.21. The third-order valence-corrected chi connectivity index (χ3v) is 3.05. The summed E-state index contributed by atoms with van der Waals surface area (Å²) < 4.78 is 13.5. The smallest absolute Gasteiger partial charge is 0.148 e. The fraction of sp³-hybridized carbons (Fsp3) is 0.455. The standard InChI is InChI=1S/C11H13ClFN/c1-11(2)3-4-14-10-8(11)5-7(12)6-9(10)13/h5-6,14H,3-4H2,1-2H3. The molecule has 1 nitrogen and oxygen atoms in total. The van der Waals surface area contributed by atoms with E-state index >= 15 is 0 Å². The second kappa shape index (κ2) is 3.13. The molecule has 3 heteroatoms. The number of hydrogen-bond acceptors (Lipinski definition) is 1. The normalized spacial score (nSPS) is 18.6. The summed E-state index contributed by atoms with van der Waals surface area (Å²) in [4.78, 5) is 0. The zero-order valence-corrected chi connectivity index (χ0v) is 9.08. The van der Waals surface area contributed by atoms with Crippen molar-refractivity contribution in [2.24, 2.45) is 0 Å². The number of hydrogen-bond donors (Lipinski definition) is 1. The van der Waals surface area contributed by atoms with Crippen LogP contribution in [0.2, 0.25) is 5.02 Å². The molecule has 0 spiro atoms. The first-order valence-corrected chi connectivity index (χ1v) is 5.12. The monoisotopic (exact) mass is 213 g/mol. The molecule has 1 aromatic carbocycles. The maximum Gasteiger partial charge on any atom is 0.148 e. The molecule has 0 unspecified atom stereocenters.